The van der Waals surface area contributed by atoms with Crippen LogP contribution in [-0.4, -0.2) is 54.2 Å². The molecular formula is C20H28N7O2+. The maximum atomic E-state index is 11.7. The van der Waals surface area contributed by atoms with Gasteiger partial charge in [0.2, 0.25) is 17.6 Å². The number of aromatic nitrogens is 2. The fourth-order valence-electron chi connectivity index (χ4n) is 4.17. The summed E-state index contributed by atoms with van der Waals surface area (Å²) in [7, 11) is 0. The molecule has 1 aromatic carbocycles. The number of nitrogens with zero attached hydrogens (tertiary/aromatic N) is 5. The first kappa shape index (κ1) is 19.4. The van der Waals surface area contributed by atoms with E-state index in [0.29, 0.717) is 24.9 Å². The molecule has 4 rings (SSSR count). The number of quaternary nitrogens is 1. The predicted molar refractivity (Wildman–Crippen MR) is 112 cm³/mol. The van der Waals surface area contributed by atoms with Crippen molar-refractivity contribution in [2.75, 3.05) is 54.8 Å². The number of hydrogen-bond donors (Lipinski definition) is 2. The monoisotopic (exact) mass is 398 g/mol. The van der Waals surface area contributed by atoms with E-state index in [1.54, 1.807) is 0 Å². The van der Waals surface area contributed by atoms with E-state index in [-0.39, 0.29) is 11.5 Å². The van der Waals surface area contributed by atoms with Gasteiger partial charge in [0, 0.05) is 18.7 Å². The molecule has 0 atom stereocenters. The Morgan fingerprint density at radius 1 is 1.00 bits per heavy atom. The highest BCUT2D eigenvalue weighted by Gasteiger charge is 2.32. The van der Waals surface area contributed by atoms with Crippen molar-refractivity contribution < 1.29 is 9.82 Å². The van der Waals surface area contributed by atoms with Crippen LogP contribution < -0.4 is 20.4 Å². The van der Waals surface area contributed by atoms with E-state index >= 15 is 0 Å². The molecule has 2 saturated heterocycles. The lowest BCUT2D eigenvalue weighted by Crippen LogP contribution is -3.13. The fourth-order valence-corrected chi connectivity index (χ4v) is 4.17. The maximum absolute atomic E-state index is 11.7. The van der Waals surface area contributed by atoms with Crippen molar-refractivity contribution in [2.45, 2.75) is 25.8 Å². The topological polar surface area (TPSA) is 106 Å². The summed E-state index contributed by atoms with van der Waals surface area (Å²) in [5, 5.41) is 11.7. The Bertz CT molecular complexity index is 847. The number of nitrogens with one attached hydrogen (secondary N) is 1. The summed E-state index contributed by atoms with van der Waals surface area (Å²) in [6.45, 7) is 5.90. The van der Waals surface area contributed by atoms with Crippen molar-refractivity contribution in [2.24, 2.45) is 0 Å². The average Bonchev–Trinajstić information content (AvgIpc) is 2.75. The maximum Gasteiger partial charge on any atom is 0.353 e. The minimum Gasteiger partial charge on any atom is -0.378 e. The van der Waals surface area contributed by atoms with Crippen LogP contribution in [0.15, 0.2) is 30.3 Å². The molecule has 0 saturated carbocycles. The second kappa shape index (κ2) is 8.60. The van der Waals surface area contributed by atoms with Gasteiger partial charge in [-0.15, -0.1) is 0 Å². The van der Waals surface area contributed by atoms with Gasteiger partial charge in [-0.2, -0.15) is 9.97 Å². The molecule has 0 spiro atoms. The molecule has 9 heteroatoms. The van der Waals surface area contributed by atoms with Crippen LogP contribution in [0.5, 0.6) is 0 Å². The zero-order valence-corrected chi connectivity index (χ0v) is 16.6. The standard InChI is InChI=1S/C20H27N7O2/c21-18-17(27(28)29)19(23-20(22-18)26-9-5-2-6-10-26)25-13-11-24(12-14-25)15-16-7-3-1-4-8-16/h1,3-4,7-8H,2,5-6,9-15H2,(H2,21,22,23)/p+1. The van der Waals surface area contributed by atoms with E-state index in [4.69, 9.17) is 5.73 Å². The Balaban J connectivity index is 1.52. The molecule has 0 amide bonds. The van der Waals surface area contributed by atoms with E-state index in [2.05, 4.69) is 39.1 Å². The van der Waals surface area contributed by atoms with Crippen LogP contribution in [0, 0.1) is 10.1 Å². The Kier molecular flexibility index (Phi) is 5.75. The smallest absolute Gasteiger partial charge is 0.353 e. The van der Waals surface area contributed by atoms with Crippen LogP contribution in [0.25, 0.3) is 0 Å². The molecule has 0 aliphatic carbocycles. The summed E-state index contributed by atoms with van der Waals surface area (Å²) < 4.78 is 0. The second-order valence-corrected chi connectivity index (χ2v) is 7.79. The molecule has 3 N–H and O–H groups in total. The lowest BCUT2D eigenvalue weighted by Gasteiger charge is -2.33. The van der Waals surface area contributed by atoms with Crippen molar-refractivity contribution in [3.05, 3.63) is 46.0 Å². The number of nitrogen functional groups attached to an aromatic ring is 1. The zero-order valence-electron chi connectivity index (χ0n) is 16.6. The van der Waals surface area contributed by atoms with Gasteiger partial charge >= 0.3 is 5.69 Å². The van der Waals surface area contributed by atoms with Gasteiger partial charge in [-0.25, -0.2) is 0 Å². The molecule has 2 aliphatic heterocycles. The van der Waals surface area contributed by atoms with Crippen LogP contribution in [0.3, 0.4) is 0 Å². The molecule has 2 aromatic rings. The largest absolute Gasteiger partial charge is 0.378 e. The third-order valence-electron chi connectivity index (χ3n) is 5.77. The number of anilines is 3. The molecule has 0 radical (unpaired) electrons. The molecular weight excluding hydrogens is 370 g/mol. The highest BCUT2D eigenvalue weighted by atomic mass is 16.6. The Labute approximate surface area is 170 Å². The second-order valence-electron chi connectivity index (χ2n) is 7.79. The number of piperazine rings is 1. The van der Waals surface area contributed by atoms with E-state index in [0.717, 1.165) is 45.6 Å². The zero-order chi connectivity index (χ0) is 20.2. The summed E-state index contributed by atoms with van der Waals surface area (Å²) in [5.74, 6) is 0.836. The van der Waals surface area contributed by atoms with Crippen LogP contribution in [-0.2, 0) is 6.54 Å². The van der Waals surface area contributed by atoms with Crippen LogP contribution >= 0.6 is 0 Å². The number of nitro groups is 1. The summed E-state index contributed by atoms with van der Waals surface area (Å²) in [4.78, 5) is 25.7. The van der Waals surface area contributed by atoms with Crippen molar-refractivity contribution >= 4 is 23.3 Å². The first-order chi connectivity index (χ1) is 14.1. The number of benzene rings is 1. The number of rotatable bonds is 5. The summed E-state index contributed by atoms with van der Waals surface area (Å²) >= 11 is 0. The van der Waals surface area contributed by atoms with Crippen molar-refractivity contribution in [3.63, 3.8) is 0 Å². The summed E-state index contributed by atoms with van der Waals surface area (Å²) in [5.41, 5.74) is 7.15. The van der Waals surface area contributed by atoms with Gasteiger partial charge in [0.25, 0.3) is 0 Å². The Morgan fingerprint density at radius 2 is 1.69 bits per heavy atom. The molecule has 0 bridgehead atoms. The predicted octanol–water partition coefficient (Wildman–Crippen LogP) is 0.862. The summed E-state index contributed by atoms with van der Waals surface area (Å²) in [6, 6.07) is 10.4. The van der Waals surface area contributed by atoms with Gasteiger partial charge in [0.15, 0.2) is 0 Å². The van der Waals surface area contributed by atoms with Gasteiger partial charge < -0.3 is 20.4 Å². The molecule has 29 heavy (non-hydrogen) atoms. The van der Waals surface area contributed by atoms with Gasteiger partial charge in [-0.1, -0.05) is 30.3 Å². The molecule has 1 aromatic heterocycles. The average molecular weight is 398 g/mol. The van der Waals surface area contributed by atoms with Crippen molar-refractivity contribution in [1.29, 1.82) is 0 Å². The van der Waals surface area contributed by atoms with Gasteiger partial charge in [-0.05, 0) is 19.3 Å². The SMILES string of the molecule is Nc1nc(N2CCCCC2)nc(N2CC[NH+](Cc3ccccc3)CC2)c1[N+](=O)[O-]. The normalized spacial score (nSPS) is 18.1. The highest BCUT2D eigenvalue weighted by Crippen LogP contribution is 2.33. The van der Waals surface area contributed by atoms with Crippen LogP contribution in [0.1, 0.15) is 24.8 Å². The fraction of sp³-hybridized carbons (Fsp3) is 0.500. The van der Waals surface area contributed by atoms with Crippen molar-refractivity contribution in [1.82, 2.24) is 9.97 Å². The van der Waals surface area contributed by atoms with Crippen LogP contribution in [0.4, 0.5) is 23.3 Å². The van der Waals surface area contributed by atoms with Gasteiger partial charge in [0.05, 0.1) is 31.1 Å². The third-order valence-corrected chi connectivity index (χ3v) is 5.77. The van der Waals surface area contributed by atoms with Gasteiger partial charge in [-0.3, -0.25) is 10.1 Å². The van der Waals surface area contributed by atoms with E-state index in [1.165, 1.54) is 16.9 Å². The first-order valence-corrected chi connectivity index (χ1v) is 10.3. The molecule has 9 nitrogen and oxygen atoms in total. The first-order valence-electron chi connectivity index (χ1n) is 10.3. The highest BCUT2D eigenvalue weighted by molar-refractivity contribution is 5.71. The Morgan fingerprint density at radius 3 is 2.34 bits per heavy atom. The molecule has 3 heterocycles. The van der Waals surface area contributed by atoms with Crippen molar-refractivity contribution in [3.8, 4) is 0 Å². The quantitative estimate of drug-likeness (QED) is 0.568. The lowest BCUT2D eigenvalue weighted by molar-refractivity contribution is -0.914. The van der Waals surface area contributed by atoms with E-state index in [1.807, 2.05) is 11.0 Å². The molecule has 0 unspecified atom stereocenters. The number of hydrogen-bond acceptors (Lipinski definition) is 7. The molecule has 154 valence electrons. The van der Waals surface area contributed by atoms with E-state index in [9.17, 15) is 10.1 Å². The van der Waals surface area contributed by atoms with E-state index < -0.39 is 4.92 Å². The minimum absolute atomic E-state index is 0.0420. The summed E-state index contributed by atoms with van der Waals surface area (Å²) in [6.07, 6.45) is 3.35. The third kappa shape index (κ3) is 4.40. The lowest BCUT2D eigenvalue weighted by atomic mass is 10.1. The molecule has 2 aliphatic rings. The molecule has 2 fully saturated rings. The van der Waals surface area contributed by atoms with Gasteiger partial charge in [0.1, 0.15) is 6.54 Å². The Hall–Kier alpha value is -2.94. The van der Waals surface area contributed by atoms with Crippen LogP contribution in [0.2, 0.25) is 0 Å². The number of nitrogens with two attached hydrogens (primary N) is 1. The number of piperidine rings is 1. The minimum atomic E-state index is -0.451.